The number of hydrogen-bond donors (Lipinski definition) is 2. The molecule has 0 amide bonds. The number of rotatable bonds is 5. The van der Waals surface area contributed by atoms with Gasteiger partial charge in [0.05, 0.1) is 0 Å². The van der Waals surface area contributed by atoms with Crippen LogP contribution in [0.15, 0.2) is 0 Å². The van der Waals surface area contributed by atoms with E-state index >= 15 is 0 Å². The smallest absolute Gasteiger partial charge is 0.166 e. The molecule has 0 aromatic rings. The monoisotopic (exact) mass is 206 g/mol. The molecule has 0 saturated heterocycles. The van der Waals surface area contributed by atoms with E-state index in [1.807, 2.05) is 18.7 Å². The maximum Gasteiger partial charge on any atom is 0.166 e. The van der Waals surface area contributed by atoms with Gasteiger partial charge in [0.2, 0.25) is 0 Å². The van der Waals surface area contributed by atoms with Crippen molar-refractivity contribution in [3.05, 3.63) is 0 Å². The van der Waals surface area contributed by atoms with Crippen LogP contribution in [-0.2, 0) is 0 Å². The van der Waals surface area contributed by atoms with Crippen molar-refractivity contribution >= 4 is 29.1 Å². The largest absolute Gasteiger partial charge is 0.363 e. The first-order chi connectivity index (χ1) is 5.70. The Morgan fingerprint density at radius 1 is 1.50 bits per heavy atom. The summed E-state index contributed by atoms with van der Waals surface area (Å²) in [7, 11) is 0. The van der Waals surface area contributed by atoms with Gasteiger partial charge in [-0.05, 0) is 37.1 Å². The van der Waals surface area contributed by atoms with Crippen molar-refractivity contribution < 1.29 is 0 Å². The molecule has 0 radical (unpaired) electrons. The molecule has 0 heterocycles. The summed E-state index contributed by atoms with van der Waals surface area (Å²) in [6.07, 6.45) is 2.12. The fourth-order valence-corrected chi connectivity index (χ4v) is 1.75. The molecule has 0 rings (SSSR count). The molecule has 0 aliphatic heterocycles. The third kappa shape index (κ3) is 6.73. The molecule has 0 aliphatic rings. The van der Waals surface area contributed by atoms with Crippen LogP contribution in [0.5, 0.6) is 0 Å². The molecular formula is C8H18N2S2. The molecule has 1 unspecified atom stereocenters. The third-order valence-electron chi connectivity index (χ3n) is 1.40. The van der Waals surface area contributed by atoms with Crippen molar-refractivity contribution in [3.63, 3.8) is 0 Å². The first-order valence-electron chi connectivity index (χ1n) is 4.21. The fraction of sp³-hybridized carbons (Fsp3) is 0.875. The number of thiocarbonyl (C=S) groups is 1. The van der Waals surface area contributed by atoms with Crippen molar-refractivity contribution in [3.8, 4) is 0 Å². The van der Waals surface area contributed by atoms with Crippen LogP contribution in [0.25, 0.3) is 0 Å². The Bertz CT molecular complexity index is 128. The van der Waals surface area contributed by atoms with Crippen molar-refractivity contribution in [1.82, 2.24) is 10.6 Å². The van der Waals surface area contributed by atoms with E-state index in [1.165, 1.54) is 5.75 Å². The van der Waals surface area contributed by atoms with Crippen LogP contribution in [0.1, 0.15) is 13.8 Å². The molecular weight excluding hydrogens is 188 g/mol. The lowest BCUT2D eigenvalue weighted by Crippen LogP contribution is -2.37. The minimum Gasteiger partial charge on any atom is -0.363 e. The lowest BCUT2D eigenvalue weighted by atomic mass is 10.2. The van der Waals surface area contributed by atoms with Gasteiger partial charge in [0.1, 0.15) is 0 Å². The molecule has 0 aromatic heterocycles. The lowest BCUT2D eigenvalue weighted by molar-refractivity contribution is 0.630. The van der Waals surface area contributed by atoms with Gasteiger partial charge in [-0.1, -0.05) is 6.92 Å². The number of hydrogen-bond acceptors (Lipinski definition) is 2. The minimum atomic E-state index is 0.677. The Hall–Kier alpha value is 0.0400. The maximum absolute atomic E-state index is 5.03. The Morgan fingerprint density at radius 3 is 2.67 bits per heavy atom. The predicted octanol–water partition coefficient (Wildman–Crippen LogP) is 1.47. The molecule has 2 N–H and O–H groups in total. The second-order valence-corrected chi connectivity index (χ2v) is 4.12. The molecule has 4 heteroatoms. The molecule has 0 aromatic carbocycles. The highest BCUT2D eigenvalue weighted by Crippen LogP contribution is 2.02. The van der Waals surface area contributed by atoms with Gasteiger partial charge in [-0.25, -0.2) is 0 Å². The van der Waals surface area contributed by atoms with Crippen LogP contribution < -0.4 is 10.6 Å². The van der Waals surface area contributed by atoms with E-state index in [4.69, 9.17) is 12.2 Å². The molecule has 0 bridgehead atoms. The maximum atomic E-state index is 5.03. The zero-order valence-corrected chi connectivity index (χ0v) is 9.65. The fourth-order valence-electron chi connectivity index (χ4n) is 0.833. The summed E-state index contributed by atoms with van der Waals surface area (Å²) in [6.45, 7) is 6.12. The van der Waals surface area contributed by atoms with E-state index < -0.39 is 0 Å². The van der Waals surface area contributed by atoms with Gasteiger partial charge < -0.3 is 10.6 Å². The summed E-state index contributed by atoms with van der Waals surface area (Å²) in [6, 6.07) is 0. The SMILES string of the molecule is CCNC(=S)NCC(C)CSC. The predicted molar refractivity (Wildman–Crippen MR) is 61.8 cm³/mol. The summed E-state index contributed by atoms with van der Waals surface area (Å²) < 4.78 is 0. The van der Waals surface area contributed by atoms with Crippen LogP contribution in [-0.4, -0.2) is 30.2 Å². The Morgan fingerprint density at radius 2 is 2.17 bits per heavy atom. The molecule has 0 fully saturated rings. The van der Waals surface area contributed by atoms with Crippen LogP contribution in [0.2, 0.25) is 0 Å². The molecule has 72 valence electrons. The second kappa shape index (κ2) is 7.68. The summed E-state index contributed by atoms with van der Waals surface area (Å²) >= 11 is 6.90. The summed E-state index contributed by atoms with van der Waals surface area (Å²) in [4.78, 5) is 0. The van der Waals surface area contributed by atoms with Crippen molar-refractivity contribution in [2.24, 2.45) is 5.92 Å². The normalized spacial score (nSPS) is 12.2. The standard InChI is InChI=1S/C8H18N2S2/c1-4-9-8(11)10-5-7(2)6-12-3/h7H,4-6H2,1-3H3,(H2,9,10,11). The van der Waals surface area contributed by atoms with Crippen molar-refractivity contribution in [2.75, 3.05) is 25.1 Å². The summed E-state index contributed by atoms with van der Waals surface area (Å²) in [5.74, 6) is 1.86. The van der Waals surface area contributed by atoms with Crippen LogP contribution in [0.3, 0.4) is 0 Å². The van der Waals surface area contributed by atoms with Crippen LogP contribution >= 0.6 is 24.0 Å². The Kier molecular flexibility index (Phi) is 7.70. The average molecular weight is 206 g/mol. The van der Waals surface area contributed by atoms with Gasteiger partial charge in [0.25, 0.3) is 0 Å². The average Bonchev–Trinajstić information content (AvgIpc) is 2.02. The molecule has 0 spiro atoms. The second-order valence-electron chi connectivity index (χ2n) is 2.80. The van der Waals surface area contributed by atoms with Gasteiger partial charge in [-0.15, -0.1) is 0 Å². The highest BCUT2D eigenvalue weighted by molar-refractivity contribution is 7.98. The number of nitrogens with one attached hydrogen (secondary N) is 2. The first kappa shape index (κ1) is 12.0. The van der Waals surface area contributed by atoms with E-state index in [9.17, 15) is 0 Å². The molecule has 2 nitrogen and oxygen atoms in total. The van der Waals surface area contributed by atoms with E-state index in [-0.39, 0.29) is 0 Å². The highest BCUT2D eigenvalue weighted by atomic mass is 32.2. The van der Waals surface area contributed by atoms with E-state index in [1.54, 1.807) is 0 Å². The first-order valence-corrected chi connectivity index (χ1v) is 6.01. The van der Waals surface area contributed by atoms with Gasteiger partial charge in [0, 0.05) is 13.1 Å². The highest BCUT2D eigenvalue weighted by Gasteiger charge is 2.00. The zero-order chi connectivity index (χ0) is 9.40. The summed E-state index contributed by atoms with van der Waals surface area (Å²) in [5.41, 5.74) is 0. The lowest BCUT2D eigenvalue weighted by Gasteiger charge is -2.13. The van der Waals surface area contributed by atoms with E-state index in [0.29, 0.717) is 5.92 Å². The van der Waals surface area contributed by atoms with Crippen molar-refractivity contribution in [1.29, 1.82) is 0 Å². The molecule has 0 saturated carbocycles. The number of thioether (sulfide) groups is 1. The Balaban J connectivity index is 3.33. The van der Waals surface area contributed by atoms with E-state index in [2.05, 4.69) is 23.8 Å². The summed E-state index contributed by atoms with van der Waals surface area (Å²) in [5, 5.41) is 7.00. The van der Waals surface area contributed by atoms with Crippen LogP contribution in [0.4, 0.5) is 0 Å². The van der Waals surface area contributed by atoms with Gasteiger partial charge >= 0.3 is 0 Å². The van der Waals surface area contributed by atoms with E-state index in [0.717, 1.165) is 18.2 Å². The van der Waals surface area contributed by atoms with Crippen LogP contribution in [0, 0.1) is 5.92 Å². The molecule has 12 heavy (non-hydrogen) atoms. The molecule has 0 aliphatic carbocycles. The van der Waals surface area contributed by atoms with Gasteiger partial charge in [-0.2, -0.15) is 11.8 Å². The molecule has 1 atom stereocenters. The van der Waals surface area contributed by atoms with Crippen molar-refractivity contribution in [2.45, 2.75) is 13.8 Å². The Labute approximate surface area is 84.9 Å². The van der Waals surface area contributed by atoms with Gasteiger partial charge in [-0.3, -0.25) is 0 Å². The third-order valence-corrected chi connectivity index (χ3v) is 2.59. The zero-order valence-electron chi connectivity index (χ0n) is 8.02. The quantitative estimate of drug-likeness (QED) is 0.665. The minimum absolute atomic E-state index is 0.677. The topological polar surface area (TPSA) is 24.1 Å². The van der Waals surface area contributed by atoms with Gasteiger partial charge in [0.15, 0.2) is 5.11 Å².